The van der Waals surface area contributed by atoms with Crippen molar-refractivity contribution in [2.75, 3.05) is 19.7 Å². The fourth-order valence-corrected chi connectivity index (χ4v) is 2.99. The van der Waals surface area contributed by atoms with Crippen molar-refractivity contribution in [3.63, 3.8) is 0 Å². The van der Waals surface area contributed by atoms with E-state index >= 15 is 0 Å². The number of morpholine rings is 1. The van der Waals surface area contributed by atoms with Crippen LogP contribution in [0.4, 0.5) is 0 Å². The van der Waals surface area contributed by atoms with Crippen molar-refractivity contribution in [1.29, 1.82) is 0 Å². The number of hydrogen-bond acceptors (Lipinski definition) is 5. The van der Waals surface area contributed by atoms with Crippen LogP contribution in [0, 0.1) is 0 Å². The number of piperidine rings is 1. The van der Waals surface area contributed by atoms with Gasteiger partial charge < -0.3 is 15.0 Å². The van der Waals surface area contributed by atoms with Gasteiger partial charge in [0.15, 0.2) is 0 Å². The van der Waals surface area contributed by atoms with Crippen LogP contribution >= 0.6 is 0 Å². The van der Waals surface area contributed by atoms with Crippen molar-refractivity contribution in [1.82, 2.24) is 20.2 Å². The van der Waals surface area contributed by atoms with E-state index in [0.717, 1.165) is 0 Å². The lowest BCUT2D eigenvalue weighted by molar-refractivity contribution is -0.158. The van der Waals surface area contributed by atoms with Gasteiger partial charge in [0.25, 0.3) is 5.91 Å². The first kappa shape index (κ1) is 13.9. The van der Waals surface area contributed by atoms with Gasteiger partial charge in [0.05, 0.1) is 17.8 Å². The molecule has 2 amide bonds. The molecule has 0 aliphatic carbocycles. The molecule has 7 heteroatoms. The summed E-state index contributed by atoms with van der Waals surface area (Å²) in [4.78, 5) is 33.4. The molecule has 3 rings (SSSR count). The molecule has 0 saturated carbocycles. The fourth-order valence-electron chi connectivity index (χ4n) is 2.99. The molecule has 2 aliphatic heterocycles. The number of aromatic nitrogens is 2. The van der Waals surface area contributed by atoms with Crippen molar-refractivity contribution >= 4 is 11.8 Å². The SMILES string of the molecule is C[C@H]1NC(=O)COC12CCN(C(=O)c1cnccn1)CC2. The number of carbonyl (C=O) groups excluding carboxylic acids is 2. The van der Waals surface area contributed by atoms with E-state index in [4.69, 9.17) is 4.74 Å². The molecule has 1 spiro atoms. The summed E-state index contributed by atoms with van der Waals surface area (Å²) in [5.74, 6) is -0.184. The minimum atomic E-state index is -0.354. The van der Waals surface area contributed by atoms with Crippen molar-refractivity contribution in [2.24, 2.45) is 0 Å². The highest BCUT2D eigenvalue weighted by atomic mass is 16.5. The lowest BCUT2D eigenvalue weighted by Crippen LogP contribution is -2.63. The highest BCUT2D eigenvalue weighted by molar-refractivity contribution is 5.92. The van der Waals surface area contributed by atoms with Gasteiger partial charge in [-0.2, -0.15) is 0 Å². The minimum Gasteiger partial charge on any atom is -0.363 e. The maximum Gasteiger partial charge on any atom is 0.274 e. The van der Waals surface area contributed by atoms with Crippen LogP contribution in [0.1, 0.15) is 30.3 Å². The van der Waals surface area contributed by atoms with Crippen LogP contribution in [0.3, 0.4) is 0 Å². The van der Waals surface area contributed by atoms with Crippen LogP contribution in [0.25, 0.3) is 0 Å². The van der Waals surface area contributed by atoms with Gasteiger partial charge >= 0.3 is 0 Å². The molecule has 7 nitrogen and oxygen atoms in total. The number of ether oxygens (including phenoxy) is 1. The first-order valence-corrected chi connectivity index (χ1v) is 7.09. The van der Waals surface area contributed by atoms with E-state index in [9.17, 15) is 9.59 Å². The van der Waals surface area contributed by atoms with Crippen LogP contribution in [0.5, 0.6) is 0 Å². The van der Waals surface area contributed by atoms with Crippen molar-refractivity contribution in [3.8, 4) is 0 Å². The number of rotatable bonds is 1. The Labute approximate surface area is 122 Å². The second kappa shape index (κ2) is 5.40. The van der Waals surface area contributed by atoms with Crippen LogP contribution in [-0.2, 0) is 9.53 Å². The highest BCUT2D eigenvalue weighted by Gasteiger charge is 2.45. The fraction of sp³-hybridized carbons (Fsp3) is 0.571. The second-order valence-corrected chi connectivity index (χ2v) is 5.53. The monoisotopic (exact) mass is 290 g/mol. The first-order valence-electron chi connectivity index (χ1n) is 7.09. The van der Waals surface area contributed by atoms with Crippen LogP contribution in [-0.4, -0.2) is 58.0 Å². The second-order valence-electron chi connectivity index (χ2n) is 5.53. The average Bonchev–Trinajstić information content (AvgIpc) is 2.52. The summed E-state index contributed by atoms with van der Waals surface area (Å²) in [5.41, 5.74) is 0.00641. The Hall–Kier alpha value is -2.02. The molecule has 112 valence electrons. The lowest BCUT2D eigenvalue weighted by atomic mass is 9.83. The quantitative estimate of drug-likeness (QED) is 0.786. The number of carbonyl (C=O) groups is 2. The number of hydrogen-bond donors (Lipinski definition) is 1. The number of nitrogens with one attached hydrogen (secondary N) is 1. The molecule has 0 bridgehead atoms. The molecule has 3 heterocycles. The summed E-state index contributed by atoms with van der Waals surface area (Å²) in [6.45, 7) is 3.24. The molecule has 1 aromatic heterocycles. The Balaban J connectivity index is 1.65. The Morgan fingerprint density at radius 3 is 2.81 bits per heavy atom. The zero-order valence-corrected chi connectivity index (χ0v) is 11.9. The normalized spacial score (nSPS) is 24.7. The van der Waals surface area contributed by atoms with Crippen LogP contribution in [0.2, 0.25) is 0 Å². The summed E-state index contributed by atoms with van der Waals surface area (Å²) in [6.07, 6.45) is 5.95. The van der Waals surface area contributed by atoms with Gasteiger partial charge in [-0.15, -0.1) is 0 Å². The molecule has 1 atom stereocenters. The number of nitrogens with zero attached hydrogens (tertiary/aromatic N) is 3. The van der Waals surface area contributed by atoms with Crippen molar-refractivity contribution in [2.45, 2.75) is 31.4 Å². The smallest absolute Gasteiger partial charge is 0.274 e. The Morgan fingerprint density at radius 1 is 1.43 bits per heavy atom. The summed E-state index contributed by atoms with van der Waals surface area (Å²) in [7, 11) is 0. The Kier molecular flexibility index (Phi) is 3.59. The molecular weight excluding hydrogens is 272 g/mol. The maximum absolute atomic E-state index is 12.3. The first-order chi connectivity index (χ1) is 10.1. The third-order valence-electron chi connectivity index (χ3n) is 4.34. The van der Waals surface area contributed by atoms with Gasteiger partial charge in [0.2, 0.25) is 5.91 Å². The lowest BCUT2D eigenvalue weighted by Gasteiger charge is -2.47. The van der Waals surface area contributed by atoms with Gasteiger partial charge in [-0.05, 0) is 19.8 Å². The summed E-state index contributed by atoms with van der Waals surface area (Å²) in [6, 6.07) is -0.0347. The number of likely N-dealkylation sites (tertiary alicyclic amines) is 1. The van der Waals surface area contributed by atoms with Crippen molar-refractivity contribution < 1.29 is 14.3 Å². The molecule has 1 aromatic rings. The molecule has 0 aromatic carbocycles. The topological polar surface area (TPSA) is 84.4 Å². The van der Waals surface area contributed by atoms with Crippen LogP contribution in [0.15, 0.2) is 18.6 Å². The van der Waals surface area contributed by atoms with Gasteiger partial charge in [-0.25, -0.2) is 4.98 Å². The predicted octanol–water partition coefficient (Wildman–Crippen LogP) is -0.0137. The standard InChI is InChI=1S/C14H18N4O3/c1-10-14(21-9-12(19)17-10)2-6-18(7-3-14)13(20)11-8-15-4-5-16-11/h4-5,8,10H,2-3,6-7,9H2,1H3,(H,17,19)/t10-/m1/s1. The molecule has 21 heavy (non-hydrogen) atoms. The molecule has 0 unspecified atom stereocenters. The summed E-state index contributed by atoms with van der Waals surface area (Å²) in [5, 5.41) is 2.93. The van der Waals surface area contributed by atoms with E-state index in [1.165, 1.54) is 12.4 Å². The third-order valence-corrected chi connectivity index (χ3v) is 4.34. The minimum absolute atomic E-state index is 0.0347. The van der Waals surface area contributed by atoms with E-state index in [0.29, 0.717) is 31.6 Å². The molecule has 1 N–H and O–H groups in total. The van der Waals surface area contributed by atoms with Gasteiger partial charge in [-0.3, -0.25) is 14.6 Å². The zero-order valence-electron chi connectivity index (χ0n) is 11.9. The van der Waals surface area contributed by atoms with Gasteiger partial charge in [0, 0.05) is 25.5 Å². The molecule has 0 radical (unpaired) electrons. The molecule has 2 aliphatic rings. The highest BCUT2D eigenvalue weighted by Crippen LogP contribution is 2.32. The van der Waals surface area contributed by atoms with Crippen LogP contribution < -0.4 is 5.32 Å². The van der Waals surface area contributed by atoms with E-state index in [2.05, 4.69) is 15.3 Å². The van der Waals surface area contributed by atoms with E-state index in [-0.39, 0.29) is 30.1 Å². The zero-order chi connectivity index (χ0) is 14.9. The molecule has 2 fully saturated rings. The number of amides is 2. The maximum atomic E-state index is 12.3. The van der Waals surface area contributed by atoms with Gasteiger partial charge in [0.1, 0.15) is 12.3 Å². The average molecular weight is 290 g/mol. The van der Waals surface area contributed by atoms with E-state index < -0.39 is 0 Å². The molecular formula is C14H18N4O3. The Bertz CT molecular complexity index is 540. The Morgan fingerprint density at radius 2 is 2.19 bits per heavy atom. The van der Waals surface area contributed by atoms with Crippen molar-refractivity contribution in [3.05, 3.63) is 24.3 Å². The largest absolute Gasteiger partial charge is 0.363 e. The van der Waals surface area contributed by atoms with Gasteiger partial charge in [-0.1, -0.05) is 0 Å². The predicted molar refractivity (Wildman–Crippen MR) is 73.5 cm³/mol. The summed E-state index contributed by atoms with van der Waals surface area (Å²) >= 11 is 0. The molecule has 2 saturated heterocycles. The van der Waals surface area contributed by atoms with E-state index in [1.54, 1.807) is 11.1 Å². The van der Waals surface area contributed by atoms with E-state index in [1.807, 2.05) is 6.92 Å². The summed E-state index contributed by atoms with van der Waals surface area (Å²) < 4.78 is 5.79. The third kappa shape index (κ3) is 2.61.